The summed E-state index contributed by atoms with van der Waals surface area (Å²) in [4.78, 5) is 7.95. The van der Waals surface area contributed by atoms with Crippen molar-refractivity contribution in [3.8, 4) is 10.6 Å². The van der Waals surface area contributed by atoms with Crippen molar-refractivity contribution in [2.45, 2.75) is 25.4 Å². The third-order valence-electron chi connectivity index (χ3n) is 3.59. The summed E-state index contributed by atoms with van der Waals surface area (Å²) in [5.41, 5.74) is 0. The van der Waals surface area contributed by atoms with Crippen molar-refractivity contribution in [1.82, 2.24) is 15.2 Å². The van der Waals surface area contributed by atoms with Crippen LogP contribution in [0.5, 0.6) is 0 Å². The van der Waals surface area contributed by atoms with Crippen LogP contribution in [0.25, 0.3) is 10.6 Å². The SMILES string of the molecule is CNC1CCCN(Cc2ncc(-c3cccs3)o2)C1.Cl.Cl. The highest BCUT2D eigenvalue weighted by Gasteiger charge is 2.20. The van der Waals surface area contributed by atoms with Gasteiger partial charge in [-0.05, 0) is 37.9 Å². The van der Waals surface area contributed by atoms with E-state index in [9.17, 15) is 0 Å². The van der Waals surface area contributed by atoms with E-state index >= 15 is 0 Å². The Labute approximate surface area is 141 Å². The molecule has 1 aliphatic rings. The molecule has 0 aliphatic carbocycles. The molecule has 1 atom stereocenters. The first-order chi connectivity index (χ1) is 9.35. The average molecular weight is 350 g/mol. The van der Waals surface area contributed by atoms with Gasteiger partial charge in [0.25, 0.3) is 0 Å². The predicted octanol–water partition coefficient (Wildman–Crippen LogP) is 3.43. The number of likely N-dealkylation sites (tertiary alicyclic amines) is 1. The van der Waals surface area contributed by atoms with Crippen molar-refractivity contribution in [1.29, 1.82) is 0 Å². The molecule has 2 aromatic rings. The molecule has 1 N–H and O–H groups in total. The Morgan fingerprint density at radius 2 is 2.33 bits per heavy atom. The van der Waals surface area contributed by atoms with E-state index in [4.69, 9.17) is 4.42 Å². The summed E-state index contributed by atoms with van der Waals surface area (Å²) in [6.07, 6.45) is 4.34. The zero-order valence-electron chi connectivity index (χ0n) is 11.9. The molecule has 3 heterocycles. The van der Waals surface area contributed by atoms with Crippen molar-refractivity contribution < 1.29 is 4.42 Å². The van der Waals surface area contributed by atoms with Gasteiger partial charge in [-0.25, -0.2) is 4.98 Å². The first-order valence-electron chi connectivity index (χ1n) is 6.73. The lowest BCUT2D eigenvalue weighted by atomic mass is 10.1. The van der Waals surface area contributed by atoms with Gasteiger partial charge in [-0.15, -0.1) is 36.2 Å². The maximum atomic E-state index is 5.84. The molecule has 1 aliphatic heterocycles. The third-order valence-corrected chi connectivity index (χ3v) is 4.47. The molecule has 0 radical (unpaired) electrons. The molecule has 3 rings (SSSR count). The number of hydrogen-bond donors (Lipinski definition) is 1. The number of aromatic nitrogens is 1. The molecule has 118 valence electrons. The summed E-state index contributed by atoms with van der Waals surface area (Å²) < 4.78 is 5.84. The van der Waals surface area contributed by atoms with Crippen LogP contribution in [0.1, 0.15) is 18.7 Å². The van der Waals surface area contributed by atoms with E-state index in [1.807, 2.05) is 19.3 Å². The van der Waals surface area contributed by atoms with Crippen molar-refractivity contribution in [3.63, 3.8) is 0 Å². The highest BCUT2D eigenvalue weighted by atomic mass is 35.5. The number of nitrogens with zero attached hydrogens (tertiary/aromatic N) is 2. The van der Waals surface area contributed by atoms with Gasteiger partial charge in [-0.2, -0.15) is 0 Å². The minimum Gasteiger partial charge on any atom is -0.438 e. The van der Waals surface area contributed by atoms with Crippen LogP contribution in [0.15, 0.2) is 28.1 Å². The lowest BCUT2D eigenvalue weighted by molar-refractivity contribution is 0.173. The van der Waals surface area contributed by atoms with Gasteiger partial charge in [0, 0.05) is 12.6 Å². The smallest absolute Gasteiger partial charge is 0.209 e. The predicted molar refractivity (Wildman–Crippen MR) is 91.7 cm³/mol. The number of likely N-dealkylation sites (N-methyl/N-ethyl adjacent to an activating group) is 1. The van der Waals surface area contributed by atoms with Gasteiger partial charge < -0.3 is 9.73 Å². The Morgan fingerprint density at radius 1 is 1.48 bits per heavy atom. The molecule has 0 spiro atoms. The van der Waals surface area contributed by atoms with Crippen molar-refractivity contribution in [2.75, 3.05) is 20.1 Å². The molecule has 0 aromatic carbocycles. The highest BCUT2D eigenvalue weighted by molar-refractivity contribution is 7.13. The van der Waals surface area contributed by atoms with Gasteiger partial charge in [0.15, 0.2) is 5.76 Å². The number of oxazole rings is 1. The first kappa shape index (κ1) is 18.5. The Morgan fingerprint density at radius 3 is 3.05 bits per heavy atom. The van der Waals surface area contributed by atoms with Crippen LogP contribution >= 0.6 is 36.2 Å². The van der Waals surface area contributed by atoms with Gasteiger partial charge in [-0.3, -0.25) is 4.90 Å². The van der Waals surface area contributed by atoms with Crippen molar-refractivity contribution in [3.05, 3.63) is 29.6 Å². The summed E-state index contributed by atoms with van der Waals surface area (Å²) in [7, 11) is 2.04. The summed E-state index contributed by atoms with van der Waals surface area (Å²) in [5.74, 6) is 1.70. The van der Waals surface area contributed by atoms with Gasteiger partial charge in [-0.1, -0.05) is 6.07 Å². The van der Waals surface area contributed by atoms with Gasteiger partial charge in [0.2, 0.25) is 5.89 Å². The van der Waals surface area contributed by atoms with Crippen LogP contribution in [-0.4, -0.2) is 36.1 Å². The molecule has 1 fully saturated rings. The number of halogens is 2. The van der Waals surface area contributed by atoms with Crippen molar-refractivity contribution in [2.24, 2.45) is 0 Å². The van der Waals surface area contributed by atoms with E-state index in [1.165, 1.54) is 12.8 Å². The van der Waals surface area contributed by atoms with Crippen LogP contribution in [-0.2, 0) is 6.54 Å². The Kier molecular flexibility index (Phi) is 7.70. The Bertz CT molecular complexity index is 518. The lowest BCUT2D eigenvalue weighted by Gasteiger charge is -2.31. The number of rotatable bonds is 4. The molecule has 0 saturated carbocycles. The van der Waals surface area contributed by atoms with Gasteiger partial charge >= 0.3 is 0 Å². The monoisotopic (exact) mass is 349 g/mol. The maximum Gasteiger partial charge on any atom is 0.209 e. The second-order valence-electron chi connectivity index (χ2n) is 4.96. The van der Waals surface area contributed by atoms with Crippen LogP contribution < -0.4 is 5.32 Å². The Balaban J connectivity index is 0.00000110. The summed E-state index contributed by atoms with van der Waals surface area (Å²) in [6.45, 7) is 3.02. The number of piperidine rings is 1. The fourth-order valence-electron chi connectivity index (χ4n) is 2.54. The number of hydrogen-bond acceptors (Lipinski definition) is 5. The highest BCUT2D eigenvalue weighted by Crippen LogP contribution is 2.25. The van der Waals surface area contributed by atoms with Gasteiger partial charge in [0.1, 0.15) is 0 Å². The summed E-state index contributed by atoms with van der Waals surface area (Å²) in [5, 5.41) is 5.41. The zero-order chi connectivity index (χ0) is 13.1. The molecular formula is C14H21Cl2N3OS. The van der Waals surface area contributed by atoms with E-state index < -0.39 is 0 Å². The molecule has 0 bridgehead atoms. The van der Waals surface area contributed by atoms with E-state index in [1.54, 1.807) is 11.3 Å². The average Bonchev–Trinajstić information content (AvgIpc) is 3.09. The van der Waals surface area contributed by atoms with Crippen LogP contribution in [0.2, 0.25) is 0 Å². The topological polar surface area (TPSA) is 41.3 Å². The Hall–Kier alpha value is -0.590. The van der Waals surface area contributed by atoms with E-state index in [0.29, 0.717) is 6.04 Å². The largest absolute Gasteiger partial charge is 0.438 e. The minimum absolute atomic E-state index is 0. The molecule has 1 unspecified atom stereocenters. The second-order valence-corrected chi connectivity index (χ2v) is 5.91. The lowest BCUT2D eigenvalue weighted by Crippen LogP contribution is -2.43. The standard InChI is InChI=1S/C14H19N3OS.2ClH/c1-15-11-4-2-6-17(9-11)10-14-16-8-12(18-14)13-5-3-7-19-13;;/h3,5,7-8,11,15H,2,4,6,9-10H2,1H3;2*1H. The van der Waals surface area contributed by atoms with E-state index in [-0.39, 0.29) is 24.8 Å². The van der Waals surface area contributed by atoms with Gasteiger partial charge in [0.05, 0.1) is 17.6 Å². The molecule has 7 heteroatoms. The number of thiophene rings is 1. The first-order valence-corrected chi connectivity index (χ1v) is 7.61. The quantitative estimate of drug-likeness (QED) is 0.917. The minimum atomic E-state index is 0. The molecule has 21 heavy (non-hydrogen) atoms. The van der Waals surface area contributed by atoms with E-state index in [0.717, 1.165) is 36.2 Å². The van der Waals surface area contributed by atoms with Crippen LogP contribution in [0, 0.1) is 0 Å². The zero-order valence-corrected chi connectivity index (χ0v) is 14.4. The molecule has 2 aromatic heterocycles. The molecular weight excluding hydrogens is 329 g/mol. The van der Waals surface area contributed by atoms with Crippen molar-refractivity contribution >= 4 is 36.2 Å². The third kappa shape index (κ3) is 4.69. The summed E-state index contributed by atoms with van der Waals surface area (Å²) in [6, 6.07) is 4.69. The number of nitrogens with one attached hydrogen (secondary N) is 1. The fraction of sp³-hybridized carbons (Fsp3) is 0.500. The van der Waals surface area contributed by atoms with Crippen LogP contribution in [0.4, 0.5) is 0 Å². The second kappa shape index (κ2) is 8.76. The molecule has 0 amide bonds. The summed E-state index contributed by atoms with van der Waals surface area (Å²) >= 11 is 1.68. The van der Waals surface area contributed by atoms with E-state index in [2.05, 4.69) is 26.6 Å². The molecule has 1 saturated heterocycles. The molecule has 4 nitrogen and oxygen atoms in total. The normalized spacial score (nSPS) is 18.8. The maximum absolute atomic E-state index is 5.84. The fourth-order valence-corrected chi connectivity index (χ4v) is 3.21. The van der Waals surface area contributed by atoms with Crippen LogP contribution in [0.3, 0.4) is 0 Å².